The standard InChI is InChI=1S/C28H26N4O3S/c1-18(2)26(20-10-14-22(35-3)15-11-20)31-25(33)17-36-28-30-24-7-5-4-6-23(24)27(34)32(28)21-12-8-19(16-29)9-13-21/h4-15,18,26H,17H2,1-3H3,(H,31,33). The lowest BCUT2D eigenvalue weighted by Gasteiger charge is -2.23. The van der Waals surface area contributed by atoms with Crippen molar-refractivity contribution in [3.8, 4) is 17.5 Å². The van der Waals surface area contributed by atoms with Crippen LogP contribution in [0.2, 0.25) is 0 Å². The van der Waals surface area contributed by atoms with E-state index in [1.807, 2.05) is 30.3 Å². The van der Waals surface area contributed by atoms with Crippen molar-refractivity contribution in [2.24, 2.45) is 5.92 Å². The highest BCUT2D eigenvalue weighted by molar-refractivity contribution is 7.99. The maximum atomic E-state index is 13.4. The number of amides is 1. The zero-order valence-electron chi connectivity index (χ0n) is 20.3. The molecule has 0 aliphatic rings. The summed E-state index contributed by atoms with van der Waals surface area (Å²) >= 11 is 1.20. The summed E-state index contributed by atoms with van der Waals surface area (Å²) in [5.41, 5.74) is 2.40. The first-order valence-corrected chi connectivity index (χ1v) is 12.5. The summed E-state index contributed by atoms with van der Waals surface area (Å²) in [4.78, 5) is 31.1. The molecule has 7 nitrogen and oxygen atoms in total. The summed E-state index contributed by atoms with van der Waals surface area (Å²) in [6, 6.07) is 23.4. The Morgan fingerprint density at radius 2 is 1.78 bits per heavy atom. The number of benzene rings is 3. The van der Waals surface area contributed by atoms with Crippen molar-refractivity contribution in [3.63, 3.8) is 0 Å². The molecule has 0 spiro atoms. The molecule has 8 heteroatoms. The summed E-state index contributed by atoms with van der Waals surface area (Å²) < 4.78 is 6.73. The maximum Gasteiger partial charge on any atom is 0.266 e. The minimum absolute atomic E-state index is 0.0838. The highest BCUT2D eigenvalue weighted by Gasteiger charge is 2.20. The largest absolute Gasteiger partial charge is 0.497 e. The third-order valence-corrected chi connectivity index (χ3v) is 6.73. The van der Waals surface area contributed by atoms with E-state index >= 15 is 0 Å². The first kappa shape index (κ1) is 25.0. The second-order valence-electron chi connectivity index (χ2n) is 8.56. The number of hydrogen-bond donors (Lipinski definition) is 1. The van der Waals surface area contributed by atoms with Crippen LogP contribution >= 0.6 is 11.8 Å². The molecule has 182 valence electrons. The van der Waals surface area contributed by atoms with Gasteiger partial charge < -0.3 is 10.1 Å². The molecule has 0 aliphatic carbocycles. The lowest BCUT2D eigenvalue weighted by Crippen LogP contribution is -2.33. The van der Waals surface area contributed by atoms with Crippen LogP contribution in [0.1, 0.15) is 31.0 Å². The molecule has 1 amide bonds. The van der Waals surface area contributed by atoms with E-state index in [2.05, 4.69) is 30.2 Å². The van der Waals surface area contributed by atoms with Crippen molar-refractivity contribution in [3.05, 3.63) is 94.3 Å². The Balaban J connectivity index is 1.61. The highest BCUT2D eigenvalue weighted by Crippen LogP contribution is 2.25. The minimum atomic E-state index is -0.230. The fraction of sp³-hybridized carbons (Fsp3) is 0.214. The van der Waals surface area contributed by atoms with Gasteiger partial charge in [-0.1, -0.05) is 49.9 Å². The lowest BCUT2D eigenvalue weighted by molar-refractivity contribution is -0.119. The number of hydrogen-bond acceptors (Lipinski definition) is 6. The molecule has 4 rings (SSSR count). The first-order chi connectivity index (χ1) is 17.4. The average Bonchev–Trinajstić information content (AvgIpc) is 2.90. The number of ether oxygens (including phenoxy) is 1. The summed E-state index contributed by atoms with van der Waals surface area (Å²) in [6.45, 7) is 4.10. The quantitative estimate of drug-likeness (QED) is 0.275. The molecule has 0 fully saturated rings. The van der Waals surface area contributed by atoms with Gasteiger partial charge in [0.15, 0.2) is 5.16 Å². The molecule has 1 aromatic heterocycles. The van der Waals surface area contributed by atoms with E-state index in [4.69, 9.17) is 10.00 Å². The van der Waals surface area contributed by atoms with Crippen LogP contribution in [0, 0.1) is 17.2 Å². The molecule has 36 heavy (non-hydrogen) atoms. The number of nitriles is 1. The molecule has 3 aromatic carbocycles. The van der Waals surface area contributed by atoms with E-state index in [1.54, 1.807) is 49.6 Å². The zero-order valence-corrected chi connectivity index (χ0v) is 21.1. The number of methoxy groups -OCH3 is 1. The van der Waals surface area contributed by atoms with Crippen LogP contribution in [0.5, 0.6) is 5.75 Å². The normalized spacial score (nSPS) is 11.8. The first-order valence-electron chi connectivity index (χ1n) is 11.5. The van der Waals surface area contributed by atoms with Crippen LogP contribution in [-0.4, -0.2) is 28.3 Å². The molecule has 0 saturated carbocycles. The lowest BCUT2D eigenvalue weighted by atomic mass is 9.96. The van der Waals surface area contributed by atoms with Gasteiger partial charge >= 0.3 is 0 Å². The van der Waals surface area contributed by atoms with Crippen LogP contribution in [0.15, 0.2) is 82.7 Å². The molecule has 0 aliphatic heterocycles. The van der Waals surface area contributed by atoms with Crippen molar-refractivity contribution in [1.29, 1.82) is 5.26 Å². The van der Waals surface area contributed by atoms with Gasteiger partial charge in [0.2, 0.25) is 5.91 Å². The summed E-state index contributed by atoms with van der Waals surface area (Å²) in [7, 11) is 1.62. The van der Waals surface area contributed by atoms with Gasteiger partial charge in [0.1, 0.15) is 5.75 Å². The Labute approximate surface area is 213 Å². The molecule has 1 N–H and O–H groups in total. The summed E-state index contributed by atoms with van der Waals surface area (Å²) in [5, 5.41) is 13.1. The van der Waals surface area contributed by atoms with Gasteiger partial charge in [-0.2, -0.15) is 5.26 Å². The fourth-order valence-corrected chi connectivity index (χ4v) is 4.74. The number of carbonyl (C=O) groups excluding carboxylic acids is 1. The second kappa shape index (κ2) is 11.1. The monoisotopic (exact) mass is 498 g/mol. The fourth-order valence-electron chi connectivity index (χ4n) is 3.91. The van der Waals surface area contributed by atoms with E-state index in [0.717, 1.165) is 11.3 Å². The number of nitrogens with one attached hydrogen (secondary N) is 1. The van der Waals surface area contributed by atoms with Gasteiger partial charge in [0, 0.05) is 0 Å². The minimum Gasteiger partial charge on any atom is -0.497 e. The Bertz CT molecular complexity index is 1470. The Hall–Kier alpha value is -4.09. The van der Waals surface area contributed by atoms with Gasteiger partial charge in [-0.25, -0.2) is 4.98 Å². The van der Waals surface area contributed by atoms with Crippen molar-refractivity contribution >= 4 is 28.6 Å². The zero-order chi connectivity index (χ0) is 25.7. The summed E-state index contributed by atoms with van der Waals surface area (Å²) in [5.74, 6) is 0.845. The Kier molecular flexibility index (Phi) is 7.71. The van der Waals surface area contributed by atoms with Crippen LogP contribution in [0.3, 0.4) is 0 Å². The van der Waals surface area contributed by atoms with Crippen molar-refractivity contribution in [2.75, 3.05) is 12.9 Å². The van der Waals surface area contributed by atoms with Crippen molar-refractivity contribution in [1.82, 2.24) is 14.9 Å². The number of fused-ring (bicyclic) bond motifs is 1. The molecule has 0 bridgehead atoms. The van der Waals surface area contributed by atoms with Crippen molar-refractivity contribution < 1.29 is 9.53 Å². The van der Waals surface area contributed by atoms with Crippen LogP contribution in [0.4, 0.5) is 0 Å². The van der Waals surface area contributed by atoms with Gasteiger partial charge in [0.05, 0.1) is 47.1 Å². The van der Waals surface area contributed by atoms with Gasteiger partial charge in [-0.3, -0.25) is 14.2 Å². The number of thioether (sulfide) groups is 1. The van der Waals surface area contributed by atoms with E-state index in [9.17, 15) is 9.59 Å². The van der Waals surface area contributed by atoms with E-state index < -0.39 is 0 Å². The molecular formula is C28H26N4O3S. The number of rotatable bonds is 8. The molecule has 0 radical (unpaired) electrons. The maximum absolute atomic E-state index is 13.4. The van der Waals surface area contributed by atoms with Crippen LogP contribution < -0.4 is 15.6 Å². The number of aromatic nitrogens is 2. The third kappa shape index (κ3) is 5.42. The Morgan fingerprint density at radius 1 is 1.08 bits per heavy atom. The van der Waals surface area contributed by atoms with Crippen LogP contribution in [-0.2, 0) is 4.79 Å². The second-order valence-corrected chi connectivity index (χ2v) is 9.50. The summed E-state index contributed by atoms with van der Waals surface area (Å²) in [6.07, 6.45) is 0. The van der Waals surface area contributed by atoms with E-state index in [-0.39, 0.29) is 29.2 Å². The molecule has 1 heterocycles. The van der Waals surface area contributed by atoms with Gasteiger partial charge in [0.25, 0.3) is 5.56 Å². The molecule has 0 saturated heterocycles. The van der Waals surface area contributed by atoms with Crippen LogP contribution in [0.25, 0.3) is 16.6 Å². The van der Waals surface area contributed by atoms with Gasteiger partial charge in [-0.05, 0) is 60.0 Å². The van der Waals surface area contributed by atoms with Crippen molar-refractivity contribution in [2.45, 2.75) is 25.0 Å². The molecule has 4 aromatic rings. The van der Waals surface area contributed by atoms with E-state index in [0.29, 0.717) is 27.3 Å². The number of para-hydroxylation sites is 1. The SMILES string of the molecule is COc1ccc(C(NC(=O)CSc2nc3ccccc3c(=O)n2-c2ccc(C#N)cc2)C(C)C)cc1. The number of nitrogens with zero attached hydrogens (tertiary/aromatic N) is 3. The third-order valence-electron chi connectivity index (χ3n) is 5.79. The molecule has 1 atom stereocenters. The molecule has 1 unspecified atom stereocenters. The molecular weight excluding hydrogens is 472 g/mol. The smallest absolute Gasteiger partial charge is 0.266 e. The Morgan fingerprint density at radius 3 is 2.42 bits per heavy atom. The average molecular weight is 499 g/mol. The van der Waals surface area contributed by atoms with Gasteiger partial charge in [-0.15, -0.1) is 0 Å². The topological polar surface area (TPSA) is 97.0 Å². The predicted octanol–water partition coefficient (Wildman–Crippen LogP) is 4.87. The van der Waals surface area contributed by atoms with E-state index in [1.165, 1.54) is 16.3 Å². The predicted molar refractivity (Wildman–Crippen MR) is 141 cm³/mol. The number of carbonyl (C=O) groups is 1. The highest BCUT2D eigenvalue weighted by atomic mass is 32.2.